The van der Waals surface area contributed by atoms with Gasteiger partial charge in [-0.05, 0) is 73.8 Å². The second kappa shape index (κ2) is 13.0. The number of alkyl halides is 9. The number of anilines is 2. The molecule has 2 aromatic heterocycles. The van der Waals surface area contributed by atoms with Gasteiger partial charge < -0.3 is 14.5 Å². The van der Waals surface area contributed by atoms with E-state index in [1.54, 1.807) is 6.92 Å². The number of halogens is 9. The van der Waals surface area contributed by atoms with Crippen LogP contribution in [0.3, 0.4) is 0 Å². The molecule has 19 heteroatoms. The average molecular weight is 695 g/mol. The number of likely N-dealkylation sites (tertiary alicyclic amines) is 1. The van der Waals surface area contributed by atoms with Crippen molar-refractivity contribution in [3.05, 3.63) is 58.4 Å². The first-order valence-corrected chi connectivity index (χ1v) is 14.9. The molecule has 0 bridgehead atoms. The molecular weight excluding hydrogens is 663 g/mol. The number of carbonyl (C=O) groups excluding carboxylic acids is 1. The lowest BCUT2D eigenvalue weighted by molar-refractivity contribution is -0.143. The summed E-state index contributed by atoms with van der Waals surface area (Å²) in [6.07, 6.45) is -15.3. The zero-order valence-corrected chi connectivity index (χ0v) is 25.9. The van der Waals surface area contributed by atoms with E-state index in [0.717, 1.165) is 15.8 Å². The SMILES string of the molecule is CCC1CC(N(Cc2cc(C(F)(F)F)cc(C(F)(F)F)c2)c2nnn(C)n2)c2nc(C(F)(F)F)ccc2N1C(=O)OC1CCN(C)CC1. The summed E-state index contributed by atoms with van der Waals surface area (Å²) in [5.74, 6) is -0.296. The van der Waals surface area contributed by atoms with Gasteiger partial charge in [0.05, 0.1) is 35.6 Å². The molecule has 0 aliphatic carbocycles. The third kappa shape index (κ3) is 7.60. The molecule has 2 atom stereocenters. The van der Waals surface area contributed by atoms with Crippen molar-refractivity contribution < 1.29 is 49.0 Å². The van der Waals surface area contributed by atoms with E-state index in [1.807, 2.05) is 7.05 Å². The summed E-state index contributed by atoms with van der Waals surface area (Å²) in [6.45, 7) is 2.33. The molecule has 1 aromatic carbocycles. The number of tetrazole rings is 1. The highest BCUT2D eigenvalue weighted by atomic mass is 19.4. The molecule has 2 aliphatic heterocycles. The van der Waals surface area contributed by atoms with E-state index in [-0.39, 0.29) is 36.2 Å². The van der Waals surface area contributed by atoms with Crippen LogP contribution in [0.15, 0.2) is 30.3 Å². The number of benzene rings is 1. The summed E-state index contributed by atoms with van der Waals surface area (Å²) in [5.41, 5.74) is -5.32. The Bertz CT molecular complexity index is 1580. The van der Waals surface area contributed by atoms with Gasteiger partial charge in [0.25, 0.3) is 5.95 Å². The molecule has 3 aromatic rings. The Balaban J connectivity index is 1.63. The Morgan fingerprint density at radius 2 is 1.56 bits per heavy atom. The van der Waals surface area contributed by atoms with Crippen molar-refractivity contribution in [2.24, 2.45) is 7.05 Å². The summed E-state index contributed by atoms with van der Waals surface area (Å²) in [5, 5.41) is 11.7. The van der Waals surface area contributed by atoms with Gasteiger partial charge in [0, 0.05) is 25.7 Å². The Hall–Kier alpha value is -4.16. The Morgan fingerprint density at radius 3 is 2.08 bits per heavy atom. The zero-order chi connectivity index (χ0) is 35.2. The molecule has 0 saturated carbocycles. The number of aromatic nitrogens is 5. The maximum absolute atomic E-state index is 14.0. The van der Waals surface area contributed by atoms with Crippen molar-refractivity contribution in [3.63, 3.8) is 0 Å². The zero-order valence-electron chi connectivity index (χ0n) is 25.9. The maximum atomic E-state index is 14.0. The lowest BCUT2D eigenvalue weighted by atomic mass is 9.91. The fourth-order valence-corrected chi connectivity index (χ4v) is 5.94. The molecule has 4 heterocycles. The molecule has 2 unspecified atom stereocenters. The van der Waals surface area contributed by atoms with Crippen LogP contribution >= 0.6 is 0 Å². The molecule has 262 valence electrons. The van der Waals surface area contributed by atoms with Gasteiger partial charge in [-0.3, -0.25) is 4.90 Å². The average Bonchev–Trinajstić information content (AvgIpc) is 3.44. The summed E-state index contributed by atoms with van der Waals surface area (Å²) in [7, 11) is 3.27. The van der Waals surface area contributed by atoms with Gasteiger partial charge in [-0.2, -0.15) is 44.3 Å². The monoisotopic (exact) mass is 694 g/mol. The number of aryl methyl sites for hydroxylation is 1. The topological polar surface area (TPSA) is 92.5 Å². The van der Waals surface area contributed by atoms with Crippen LogP contribution < -0.4 is 9.80 Å². The summed E-state index contributed by atoms with van der Waals surface area (Å²) >= 11 is 0. The second-order valence-electron chi connectivity index (χ2n) is 11.8. The van der Waals surface area contributed by atoms with E-state index in [9.17, 15) is 44.3 Å². The van der Waals surface area contributed by atoms with Gasteiger partial charge in [0.2, 0.25) is 0 Å². The number of rotatable bonds is 6. The number of hydrogen-bond acceptors (Lipinski definition) is 8. The van der Waals surface area contributed by atoms with Crippen molar-refractivity contribution >= 4 is 17.7 Å². The minimum atomic E-state index is -5.14. The van der Waals surface area contributed by atoms with Crippen molar-refractivity contribution in [1.29, 1.82) is 0 Å². The molecule has 0 spiro atoms. The number of piperidine rings is 1. The van der Waals surface area contributed by atoms with Gasteiger partial charge in [-0.15, -0.1) is 5.10 Å². The van der Waals surface area contributed by atoms with E-state index in [1.165, 1.54) is 11.9 Å². The highest BCUT2D eigenvalue weighted by molar-refractivity contribution is 5.90. The van der Waals surface area contributed by atoms with Crippen LogP contribution in [0.1, 0.15) is 66.7 Å². The van der Waals surface area contributed by atoms with Crippen LogP contribution in [0.5, 0.6) is 0 Å². The van der Waals surface area contributed by atoms with E-state index < -0.39 is 71.7 Å². The van der Waals surface area contributed by atoms with Crippen molar-refractivity contribution in [1.82, 2.24) is 30.1 Å². The molecule has 0 N–H and O–H groups in total. The normalized spacial score (nSPS) is 19.7. The first-order chi connectivity index (χ1) is 22.3. The first-order valence-electron chi connectivity index (χ1n) is 14.9. The largest absolute Gasteiger partial charge is 0.446 e. The molecule has 10 nitrogen and oxygen atoms in total. The summed E-state index contributed by atoms with van der Waals surface area (Å²) in [6, 6.07) is 0.776. The Kier molecular flexibility index (Phi) is 9.55. The van der Waals surface area contributed by atoms with E-state index in [4.69, 9.17) is 4.74 Å². The van der Waals surface area contributed by atoms with Gasteiger partial charge in [0.1, 0.15) is 11.8 Å². The molecule has 0 radical (unpaired) electrons. The van der Waals surface area contributed by atoms with Gasteiger partial charge in [-0.1, -0.05) is 12.0 Å². The number of fused-ring (bicyclic) bond motifs is 1. The number of amides is 1. The van der Waals surface area contributed by atoms with Gasteiger partial charge in [0.15, 0.2) is 0 Å². The number of nitrogens with zero attached hydrogens (tertiary/aromatic N) is 8. The van der Waals surface area contributed by atoms with Crippen LogP contribution in [-0.4, -0.2) is 68.5 Å². The minimum absolute atomic E-state index is 0.0254. The summed E-state index contributed by atoms with van der Waals surface area (Å²) in [4.78, 5) is 22.9. The van der Waals surface area contributed by atoms with Crippen molar-refractivity contribution in [2.45, 2.75) is 75.9 Å². The van der Waals surface area contributed by atoms with Crippen LogP contribution in [0.2, 0.25) is 0 Å². The summed E-state index contributed by atoms with van der Waals surface area (Å²) < 4.78 is 130. The highest BCUT2D eigenvalue weighted by Gasteiger charge is 2.44. The fourth-order valence-electron chi connectivity index (χ4n) is 5.94. The third-order valence-electron chi connectivity index (χ3n) is 8.36. The fraction of sp³-hybridized carbons (Fsp3) is 0.552. The molecule has 48 heavy (non-hydrogen) atoms. The van der Waals surface area contributed by atoms with Crippen molar-refractivity contribution in [2.75, 3.05) is 29.9 Å². The smallest absolute Gasteiger partial charge is 0.433 e. The molecule has 1 fully saturated rings. The number of carbonyl (C=O) groups is 1. The second-order valence-corrected chi connectivity index (χ2v) is 11.8. The van der Waals surface area contributed by atoms with E-state index in [2.05, 4.69) is 25.3 Å². The van der Waals surface area contributed by atoms with Crippen LogP contribution in [0.4, 0.5) is 55.9 Å². The van der Waals surface area contributed by atoms with Gasteiger partial charge >= 0.3 is 24.6 Å². The first kappa shape index (κ1) is 35.2. The predicted molar refractivity (Wildman–Crippen MR) is 152 cm³/mol. The van der Waals surface area contributed by atoms with Crippen molar-refractivity contribution in [3.8, 4) is 0 Å². The highest BCUT2D eigenvalue weighted by Crippen LogP contribution is 2.45. The lowest BCUT2D eigenvalue weighted by Crippen LogP contribution is -2.49. The third-order valence-corrected chi connectivity index (χ3v) is 8.36. The number of hydrogen-bond donors (Lipinski definition) is 0. The van der Waals surface area contributed by atoms with Crippen LogP contribution in [-0.2, 0) is 36.9 Å². The number of ether oxygens (including phenoxy) is 1. The molecule has 2 aliphatic rings. The molecule has 1 amide bonds. The Labute approximate surface area is 268 Å². The molecule has 5 rings (SSSR count). The predicted octanol–water partition coefficient (Wildman–Crippen LogP) is 6.63. The lowest BCUT2D eigenvalue weighted by Gasteiger charge is -2.43. The minimum Gasteiger partial charge on any atom is -0.446 e. The van der Waals surface area contributed by atoms with Gasteiger partial charge in [-0.25, -0.2) is 9.78 Å². The quantitative estimate of drug-likeness (QED) is 0.266. The standard InChI is InChI=1S/C29H31F9N8O2/c1-4-19-14-22(24-21(5-6-23(39-24)29(36,37)38)46(19)26(47)48-20-7-9-43(2)10-8-20)45(25-40-42-44(3)41-25)15-16-11-17(27(30,31)32)13-18(12-16)28(33,34)35/h5-6,11-13,19-20,22H,4,7-10,14-15H2,1-3H3. The molecule has 1 saturated heterocycles. The van der Waals surface area contributed by atoms with Crippen LogP contribution in [0, 0.1) is 0 Å². The van der Waals surface area contributed by atoms with E-state index >= 15 is 0 Å². The number of pyridine rings is 1. The Morgan fingerprint density at radius 1 is 0.938 bits per heavy atom. The molecular formula is C29H31F9N8O2. The van der Waals surface area contributed by atoms with E-state index in [0.29, 0.717) is 44.1 Å². The van der Waals surface area contributed by atoms with Crippen LogP contribution in [0.25, 0.3) is 0 Å². The maximum Gasteiger partial charge on any atom is 0.433 e.